The van der Waals surface area contributed by atoms with Crippen molar-refractivity contribution in [1.29, 1.82) is 5.26 Å². The molecule has 2 bridgehead atoms. The molecule has 8 rings (SSSR count). The Bertz CT molecular complexity index is 2350. The monoisotopic (exact) mass is 819 g/mol. The molecule has 0 saturated carbocycles. The molecule has 2 amide bonds. The number of ether oxygens (including phenoxy) is 4. The van der Waals surface area contributed by atoms with E-state index in [4.69, 9.17) is 23.9 Å². The van der Waals surface area contributed by atoms with E-state index in [1.165, 1.54) is 12.1 Å². The number of rotatable bonds is 6. The minimum atomic E-state index is -0.853. The van der Waals surface area contributed by atoms with Crippen molar-refractivity contribution in [2.75, 3.05) is 43.5 Å². The summed E-state index contributed by atoms with van der Waals surface area (Å²) in [6.45, 7) is 12.0. The molecule has 4 aromatic rings. The van der Waals surface area contributed by atoms with E-state index in [9.17, 15) is 20.0 Å². The number of carbonyl (C=O) groups excluding carboxylic acids is 2. The van der Waals surface area contributed by atoms with Crippen LogP contribution in [0.25, 0.3) is 32.1 Å². The molecule has 0 radical (unpaired) electrons. The Kier molecular flexibility index (Phi) is 10.1. The highest BCUT2D eigenvalue weighted by Gasteiger charge is 2.45. The maximum absolute atomic E-state index is 17.8. The van der Waals surface area contributed by atoms with Crippen LogP contribution in [0.15, 0.2) is 12.1 Å². The molecule has 17 heteroatoms. The molecule has 3 saturated heterocycles. The number of nitriles is 1. The summed E-state index contributed by atoms with van der Waals surface area (Å²) in [5.41, 5.74) is -0.956. The Labute approximate surface area is 338 Å². The van der Waals surface area contributed by atoms with Crippen LogP contribution in [0.1, 0.15) is 77.5 Å². The SMILES string of the molecule is CN1CC[C@H](O)[C@H]1COc1nc(N2C3CCC2CN(C(=O)OC(C)(C)C)C3)c2c3c(c(-c4c(F)ccc5sc(NC(=O)OC(C)(C)C)c(C#N)c45)c(F)c2n1)COC3. The van der Waals surface area contributed by atoms with Gasteiger partial charge in [0.2, 0.25) is 0 Å². The standard InChI is InChI=1S/C41H47F2N7O7S/c1-40(2,3)56-38(52)47-36-22(14-44)29-28(58-36)11-10-25(42)32(29)30-23-17-54-18-24(23)31-34(33(30)43)45-37(55-19-26-27(51)12-13-48(26)7)46-35(31)50-20-8-9-21(50)16-49(15-20)39(53)57-41(4,5)6/h10-11,20-21,26-27,51H,8-9,12-13,15-19H2,1-7H3,(H,47,52)/t20?,21?,26-,27+/m1/s1. The number of fused-ring (bicyclic) bond motifs is 6. The zero-order chi connectivity index (χ0) is 41.4. The lowest BCUT2D eigenvalue weighted by Crippen LogP contribution is -2.56. The first-order valence-electron chi connectivity index (χ1n) is 19.5. The second kappa shape index (κ2) is 14.7. The van der Waals surface area contributed by atoms with Crippen LogP contribution in [-0.4, -0.2) is 106 Å². The number of aliphatic hydroxyl groups is 1. The zero-order valence-electron chi connectivity index (χ0n) is 33.6. The van der Waals surface area contributed by atoms with Gasteiger partial charge >= 0.3 is 18.2 Å². The van der Waals surface area contributed by atoms with Gasteiger partial charge in [0.25, 0.3) is 0 Å². The maximum atomic E-state index is 17.8. The molecule has 6 heterocycles. The summed E-state index contributed by atoms with van der Waals surface area (Å²) in [5.74, 6) is -1.22. The molecule has 0 aliphatic carbocycles. The Morgan fingerprint density at radius 3 is 2.33 bits per heavy atom. The first kappa shape index (κ1) is 39.9. The topological polar surface area (TPSA) is 163 Å². The number of thiophene rings is 1. The van der Waals surface area contributed by atoms with Gasteiger partial charge in [0.15, 0.2) is 5.82 Å². The lowest BCUT2D eigenvalue weighted by Gasteiger charge is -2.42. The number of anilines is 2. The van der Waals surface area contributed by atoms with Crippen LogP contribution in [0.5, 0.6) is 6.01 Å². The van der Waals surface area contributed by atoms with Gasteiger partial charge in [-0.3, -0.25) is 10.2 Å². The Morgan fingerprint density at radius 2 is 1.69 bits per heavy atom. The molecule has 4 aliphatic rings. The third-order valence-electron chi connectivity index (χ3n) is 11.1. The highest BCUT2D eigenvalue weighted by atomic mass is 32.1. The number of nitrogens with one attached hydrogen (secondary N) is 1. The van der Waals surface area contributed by atoms with Gasteiger partial charge in [-0.2, -0.15) is 15.2 Å². The summed E-state index contributed by atoms with van der Waals surface area (Å²) in [4.78, 5) is 41.4. The molecule has 2 unspecified atom stereocenters. The highest BCUT2D eigenvalue weighted by Crippen LogP contribution is 2.49. The van der Waals surface area contributed by atoms with Crippen molar-refractivity contribution in [3.05, 3.63) is 40.5 Å². The molecule has 14 nitrogen and oxygen atoms in total. The van der Waals surface area contributed by atoms with Gasteiger partial charge in [0.1, 0.15) is 46.0 Å². The zero-order valence-corrected chi connectivity index (χ0v) is 34.4. The number of benzene rings is 2. The van der Waals surface area contributed by atoms with Gasteiger partial charge in [-0.15, -0.1) is 11.3 Å². The van der Waals surface area contributed by atoms with Crippen LogP contribution < -0.4 is 15.0 Å². The largest absolute Gasteiger partial charge is 0.462 e. The van der Waals surface area contributed by atoms with Crippen molar-refractivity contribution < 1.29 is 42.4 Å². The molecule has 308 valence electrons. The molecule has 2 aromatic heterocycles. The fourth-order valence-electron chi connectivity index (χ4n) is 8.62. The quantitative estimate of drug-likeness (QED) is 0.204. The van der Waals surface area contributed by atoms with Crippen LogP contribution in [0, 0.1) is 23.0 Å². The third-order valence-corrected chi connectivity index (χ3v) is 12.2. The maximum Gasteiger partial charge on any atom is 0.412 e. The van der Waals surface area contributed by atoms with E-state index in [2.05, 4.69) is 21.3 Å². The Balaban J connectivity index is 1.29. The van der Waals surface area contributed by atoms with Crippen LogP contribution in [-0.2, 0) is 27.4 Å². The summed E-state index contributed by atoms with van der Waals surface area (Å²) >= 11 is 1.05. The third kappa shape index (κ3) is 7.24. The number of hydrogen-bond donors (Lipinski definition) is 2. The molecule has 58 heavy (non-hydrogen) atoms. The lowest BCUT2D eigenvalue weighted by molar-refractivity contribution is 0.0209. The van der Waals surface area contributed by atoms with E-state index < -0.39 is 41.1 Å². The summed E-state index contributed by atoms with van der Waals surface area (Å²) in [5, 5.41) is 24.4. The van der Waals surface area contributed by atoms with E-state index in [0.29, 0.717) is 53.1 Å². The first-order chi connectivity index (χ1) is 27.4. The number of aromatic nitrogens is 2. The van der Waals surface area contributed by atoms with Crippen LogP contribution in [0.2, 0.25) is 0 Å². The minimum absolute atomic E-state index is 0.0339. The summed E-state index contributed by atoms with van der Waals surface area (Å²) in [6, 6.07) is 3.97. The van der Waals surface area contributed by atoms with Crippen LogP contribution in [0.4, 0.5) is 29.2 Å². The normalized spacial score (nSPS) is 22.1. The van der Waals surface area contributed by atoms with Crippen molar-refractivity contribution in [1.82, 2.24) is 19.8 Å². The van der Waals surface area contributed by atoms with Gasteiger partial charge in [-0.05, 0) is 91.1 Å². The predicted octanol–water partition coefficient (Wildman–Crippen LogP) is 7.07. The number of likely N-dealkylation sites (tertiary alicyclic amines) is 2. The number of halogens is 2. The van der Waals surface area contributed by atoms with E-state index >= 15 is 8.78 Å². The second-order valence-electron chi connectivity index (χ2n) is 17.4. The van der Waals surface area contributed by atoms with Crippen molar-refractivity contribution in [2.45, 2.75) is 109 Å². The Morgan fingerprint density at radius 1 is 1.00 bits per heavy atom. The fourth-order valence-corrected chi connectivity index (χ4v) is 9.66. The molecular weight excluding hydrogens is 773 g/mol. The number of amides is 2. The van der Waals surface area contributed by atoms with Crippen LogP contribution >= 0.6 is 11.3 Å². The molecule has 3 fully saturated rings. The van der Waals surface area contributed by atoms with Gasteiger partial charge in [-0.25, -0.2) is 18.4 Å². The predicted molar refractivity (Wildman–Crippen MR) is 213 cm³/mol. The van der Waals surface area contributed by atoms with Crippen molar-refractivity contribution in [3.8, 4) is 23.2 Å². The van der Waals surface area contributed by atoms with Gasteiger partial charge in [0, 0.05) is 52.9 Å². The first-order valence-corrected chi connectivity index (χ1v) is 20.3. The smallest absolute Gasteiger partial charge is 0.412 e. The molecule has 4 aliphatic heterocycles. The molecule has 2 N–H and O–H groups in total. The van der Waals surface area contributed by atoms with E-state index in [0.717, 1.165) is 24.2 Å². The lowest BCUT2D eigenvalue weighted by atomic mass is 9.90. The van der Waals surface area contributed by atoms with Crippen molar-refractivity contribution >= 4 is 55.3 Å². The van der Waals surface area contributed by atoms with Crippen LogP contribution in [0.3, 0.4) is 0 Å². The summed E-state index contributed by atoms with van der Waals surface area (Å²) in [7, 11) is 1.89. The number of likely N-dealkylation sites (N-methyl/N-ethyl adjacent to an activating group) is 1. The number of nitrogens with zero attached hydrogens (tertiary/aromatic N) is 6. The average molecular weight is 820 g/mol. The summed E-state index contributed by atoms with van der Waals surface area (Å²) in [6.07, 6.45) is 0.220. The number of hydrogen-bond acceptors (Lipinski definition) is 13. The number of aliphatic hydroxyl groups excluding tert-OH is 1. The number of carbonyl (C=O) groups is 2. The average Bonchev–Trinajstić information content (AvgIpc) is 3.89. The van der Waals surface area contributed by atoms with E-state index in [-0.39, 0.29) is 76.6 Å². The van der Waals surface area contributed by atoms with Gasteiger partial charge in [0.05, 0.1) is 36.3 Å². The Hall–Kier alpha value is -4.89. The fraction of sp³-hybridized carbons (Fsp3) is 0.537. The van der Waals surface area contributed by atoms with Crippen molar-refractivity contribution in [2.24, 2.45) is 0 Å². The van der Waals surface area contributed by atoms with Gasteiger partial charge < -0.3 is 33.9 Å². The molecule has 2 aromatic carbocycles. The van der Waals surface area contributed by atoms with E-state index in [1.807, 2.05) is 32.7 Å². The highest BCUT2D eigenvalue weighted by molar-refractivity contribution is 7.23. The molecule has 4 atom stereocenters. The minimum Gasteiger partial charge on any atom is -0.462 e. The summed E-state index contributed by atoms with van der Waals surface area (Å²) < 4.78 is 58.0. The van der Waals surface area contributed by atoms with E-state index in [1.54, 1.807) is 25.7 Å². The van der Waals surface area contributed by atoms with Gasteiger partial charge in [-0.1, -0.05) is 0 Å². The second-order valence-corrected chi connectivity index (χ2v) is 18.5. The van der Waals surface area contributed by atoms with Crippen molar-refractivity contribution in [3.63, 3.8) is 0 Å². The molecular formula is C41H47F2N7O7S. The number of piperazine rings is 1. The molecule has 0 spiro atoms.